The van der Waals surface area contributed by atoms with Crippen LogP contribution in [0, 0.1) is 29.1 Å². The Kier molecular flexibility index (Phi) is 4.02. The van der Waals surface area contributed by atoms with Crippen LogP contribution in [0.2, 0.25) is 0 Å². The van der Waals surface area contributed by atoms with E-state index in [-0.39, 0.29) is 0 Å². The van der Waals surface area contributed by atoms with Crippen molar-refractivity contribution in [1.82, 2.24) is 0 Å². The lowest BCUT2D eigenvalue weighted by molar-refractivity contribution is 0.0634. The summed E-state index contributed by atoms with van der Waals surface area (Å²) in [5.41, 5.74) is -2.45. The number of carbonyl (C=O) groups is 1. The molecule has 0 spiro atoms. The highest BCUT2D eigenvalue weighted by Gasteiger charge is 2.28. The fourth-order valence-electron chi connectivity index (χ4n) is 1.12. The van der Waals surface area contributed by atoms with Crippen molar-refractivity contribution in [1.29, 1.82) is 0 Å². The molecule has 0 aliphatic heterocycles. The average molecular weight is 283 g/mol. The number of nitrogens with one attached hydrogen (secondary N) is 1. The van der Waals surface area contributed by atoms with Crippen LogP contribution < -0.4 is 5.32 Å². The van der Waals surface area contributed by atoms with Crippen LogP contribution in [0.1, 0.15) is 20.8 Å². The zero-order valence-electron chi connectivity index (χ0n) is 10.2. The average Bonchev–Trinajstić information content (AvgIpc) is 2.27. The van der Waals surface area contributed by atoms with Gasteiger partial charge in [-0.25, -0.2) is 26.7 Å². The summed E-state index contributed by atoms with van der Waals surface area (Å²) < 4.78 is 69.5. The SMILES string of the molecule is CC(C)(C)OC(=O)Nc1c(F)c(F)c(F)c(F)c1F. The van der Waals surface area contributed by atoms with Crippen molar-refractivity contribution in [3.05, 3.63) is 29.1 Å². The molecular formula is C11H10F5NO2. The van der Waals surface area contributed by atoms with Gasteiger partial charge in [-0.2, -0.15) is 0 Å². The minimum atomic E-state index is -2.30. The maximum absolute atomic E-state index is 13.2. The topological polar surface area (TPSA) is 38.3 Å². The molecule has 19 heavy (non-hydrogen) atoms. The molecule has 0 saturated heterocycles. The van der Waals surface area contributed by atoms with E-state index < -0.39 is 46.5 Å². The molecule has 0 heterocycles. The lowest BCUT2D eigenvalue weighted by Gasteiger charge is -2.20. The molecule has 106 valence electrons. The second kappa shape index (κ2) is 5.02. The highest BCUT2D eigenvalue weighted by atomic mass is 19.2. The van der Waals surface area contributed by atoms with E-state index in [0.717, 1.165) is 0 Å². The third-order valence-electron chi connectivity index (χ3n) is 1.84. The van der Waals surface area contributed by atoms with E-state index in [0.29, 0.717) is 0 Å². The molecule has 3 nitrogen and oxygen atoms in total. The molecule has 8 heteroatoms. The highest BCUT2D eigenvalue weighted by Crippen LogP contribution is 2.27. The maximum Gasteiger partial charge on any atom is 0.412 e. The van der Waals surface area contributed by atoms with Crippen molar-refractivity contribution in [2.24, 2.45) is 0 Å². The number of anilines is 1. The zero-order chi connectivity index (χ0) is 15.0. The number of hydrogen-bond acceptors (Lipinski definition) is 2. The van der Waals surface area contributed by atoms with Crippen LogP contribution in [0.5, 0.6) is 0 Å². The van der Waals surface area contributed by atoms with Crippen LogP contribution in [0.25, 0.3) is 0 Å². The fraction of sp³-hybridized carbons (Fsp3) is 0.364. The van der Waals surface area contributed by atoms with Gasteiger partial charge < -0.3 is 4.74 Å². The van der Waals surface area contributed by atoms with Crippen molar-refractivity contribution >= 4 is 11.8 Å². The molecule has 0 fully saturated rings. The van der Waals surface area contributed by atoms with E-state index in [2.05, 4.69) is 4.74 Å². The molecule has 0 bridgehead atoms. The van der Waals surface area contributed by atoms with Gasteiger partial charge in [0, 0.05) is 0 Å². The normalized spacial score (nSPS) is 11.4. The molecule has 0 atom stereocenters. The largest absolute Gasteiger partial charge is 0.444 e. The van der Waals surface area contributed by atoms with Gasteiger partial charge in [0.1, 0.15) is 11.3 Å². The van der Waals surface area contributed by atoms with Crippen molar-refractivity contribution in [3.63, 3.8) is 0 Å². The van der Waals surface area contributed by atoms with Gasteiger partial charge in [0.2, 0.25) is 5.82 Å². The van der Waals surface area contributed by atoms with E-state index in [1.165, 1.54) is 26.1 Å². The number of rotatable bonds is 1. The van der Waals surface area contributed by atoms with Gasteiger partial charge in [-0.05, 0) is 20.8 Å². The summed E-state index contributed by atoms with van der Waals surface area (Å²) in [4.78, 5) is 11.2. The predicted molar refractivity (Wildman–Crippen MR) is 56.1 cm³/mol. The number of amides is 1. The fourth-order valence-corrected chi connectivity index (χ4v) is 1.12. The quantitative estimate of drug-likeness (QED) is 0.484. The third-order valence-corrected chi connectivity index (χ3v) is 1.84. The first kappa shape index (κ1) is 15.2. The van der Waals surface area contributed by atoms with E-state index in [1.807, 2.05) is 0 Å². The third kappa shape index (κ3) is 3.33. The molecule has 0 radical (unpaired) electrons. The van der Waals surface area contributed by atoms with Gasteiger partial charge in [0.05, 0.1) is 0 Å². The Morgan fingerprint density at radius 1 is 0.895 bits per heavy atom. The smallest absolute Gasteiger partial charge is 0.412 e. The van der Waals surface area contributed by atoms with Crippen molar-refractivity contribution in [2.75, 3.05) is 5.32 Å². The Balaban J connectivity index is 3.13. The van der Waals surface area contributed by atoms with Crippen molar-refractivity contribution in [2.45, 2.75) is 26.4 Å². The molecule has 1 rings (SSSR count). The Morgan fingerprint density at radius 2 is 1.26 bits per heavy atom. The molecule has 0 unspecified atom stereocenters. The molecule has 1 amide bonds. The van der Waals surface area contributed by atoms with Crippen LogP contribution >= 0.6 is 0 Å². The lowest BCUT2D eigenvalue weighted by Crippen LogP contribution is -2.28. The summed E-state index contributed by atoms with van der Waals surface area (Å²) in [7, 11) is 0. The van der Waals surface area contributed by atoms with Crippen LogP contribution in [0.15, 0.2) is 0 Å². The first-order valence-electron chi connectivity index (χ1n) is 5.06. The molecule has 1 N–H and O–H groups in total. The summed E-state index contributed by atoms with van der Waals surface area (Å²) in [5.74, 6) is -10.9. The van der Waals surface area contributed by atoms with E-state index in [1.54, 1.807) is 0 Å². The molecule has 0 saturated carbocycles. The second-order valence-corrected chi connectivity index (χ2v) is 4.57. The molecule has 0 aliphatic rings. The van der Waals surface area contributed by atoms with Crippen molar-refractivity contribution in [3.8, 4) is 0 Å². The Bertz CT molecular complexity index is 496. The Morgan fingerprint density at radius 3 is 1.63 bits per heavy atom. The van der Waals surface area contributed by atoms with Gasteiger partial charge in [-0.15, -0.1) is 0 Å². The molecule has 1 aromatic carbocycles. The Labute approximate surface area is 105 Å². The minimum absolute atomic E-state index is 0.992. The highest BCUT2D eigenvalue weighted by molar-refractivity contribution is 5.85. The predicted octanol–water partition coefficient (Wildman–Crippen LogP) is 3.73. The molecule has 0 aliphatic carbocycles. The monoisotopic (exact) mass is 283 g/mol. The van der Waals surface area contributed by atoms with Crippen molar-refractivity contribution < 1.29 is 31.5 Å². The van der Waals surface area contributed by atoms with Gasteiger partial charge >= 0.3 is 6.09 Å². The number of benzene rings is 1. The summed E-state index contributed by atoms with van der Waals surface area (Å²) in [5, 5.41) is 1.49. The van der Waals surface area contributed by atoms with Gasteiger partial charge in [-0.3, -0.25) is 5.32 Å². The zero-order valence-corrected chi connectivity index (χ0v) is 10.2. The standard InChI is InChI=1S/C11H10F5NO2/c1-11(2,3)19-10(18)17-9-7(15)5(13)4(12)6(14)8(9)16/h1-3H3,(H,17,18). The number of hydrogen-bond donors (Lipinski definition) is 1. The van der Waals surface area contributed by atoms with Crippen LogP contribution in [0.4, 0.5) is 32.4 Å². The van der Waals surface area contributed by atoms with Gasteiger partial charge in [-0.1, -0.05) is 0 Å². The van der Waals surface area contributed by atoms with Gasteiger partial charge in [0.15, 0.2) is 23.3 Å². The first-order valence-corrected chi connectivity index (χ1v) is 5.06. The van der Waals surface area contributed by atoms with E-state index in [4.69, 9.17) is 0 Å². The maximum atomic E-state index is 13.2. The van der Waals surface area contributed by atoms with Crippen LogP contribution in [-0.2, 0) is 4.74 Å². The van der Waals surface area contributed by atoms with E-state index in [9.17, 15) is 26.7 Å². The molecule has 1 aromatic rings. The Hall–Kier alpha value is -1.86. The summed E-state index contributed by atoms with van der Waals surface area (Å²) >= 11 is 0. The molecular weight excluding hydrogens is 273 g/mol. The summed E-state index contributed by atoms with van der Waals surface area (Å²) in [6.45, 7) is 4.39. The summed E-state index contributed by atoms with van der Waals surface area (Å²) in [6, 6.07) is 0. The lowest BCUT2D eigenvalue weighted by atomic mass is 10.2. The number of ether oxygens (including phenoxy) is 1. The number of carbonyl (C=O) groups excluding carboxylic acids is 1. The molecule has 0 aromatic heterocycles. The van der Waals surface area contributed by atoms with Gasteiger partial charge in [0.25, 0.3) is 0 Å². The second-order valence-electron chi connectivity index (χ2n) is 4.57. The van der Waals surface area contributed by atoms with E-state index >= 15 is 0 Å². The first-order chi connectivity index (χ1) is 8.54. The van der Waals surface area contributed by atoms with Crippen LogP contribution in [0.3, 0.4) is 0 Å². The van der Waals surface area contributed by atoms with Crippen LogP contribution in [-0.4, -0.2) is 11.7 Å². The summed E-state index contributed by atoms with van der Waals surface area (Å²) in [6.07, 6.45) is -1.34. The minimum Gasteiger partial charge on any atom is -0.444 e. The number of halogens is 5.